The lowest BCUT2D eigenvalue weighted by Gasteiger charge is -2.37. The molecule has 0 aromatic heterocycles. The predicted molar refractivity (Wildman–Crippen MR) is 94.8 cm³/mol. The largest absolute Gasteiger partial charge is 0.338 e. The molecule has 5 heteroatoms. The SMILES string of the molecule is C[C@H](CCNC(=O)NC[C@@H]1CN(C)CCN1C)c1ccccc1. The van der Waals surface area contributed by atoms with Crippen molar-refractivity contribution in [1.29, 1.82) is 0 Å². The molecular weight excluding hydrogens is 288 g/mol. The number of nitrogens with zero attached hydrogens (tertiary/aromatic N) is 2. The van der Waals surface area contributed by atoms with Gasteiger partial charge in [-0.1, -0.05) is 37.3 Å². The Morgan fingerprint density at radius 3 is 2.70 bits per heavy atom. The van der Waals surface area contributed by atoms with E-state index in [1.54, 1.807) is 0 Å². The molecule has 1 aliphatic rings. The van der Waals surface area contributed by atoms with Gasteiger partial charge in [0.05, 0.1) is 0 Å². The van der Waals surface area contributed by atoms with Crippen LogP contribution in [0.3, 0.4) is 0 Å². The monoisotopic (exact) mass is 318 g/mol. The predicted octanol–water partition coefficient (Wildman–Crippen LogP) is 1.73. The summed E-state index contributed by atoms with van der Waals surface area (Å²) >= 11 is 0. The molecule has 23 heavy (non-hydrogen) atoms. The van der Waals surface area contributed by atoms with Gasteiger partial charge in [-0.25, -0.2) is 4.79 Å². The van der Waals surface area contributed by atoms with Crippen molar-refractivity contribution in [1.82, 2.24) is 20.4 Å². The van der Waals surface area contributed by atoms with E-state index in [1.165, 1.54) is 5.56 Å². The number of carbonyl (C=O) groups excluding carboxylic acids is 1. The molecule has 2 rings (SSSR count). The molecule has 0 radical (unpaired) electrons. The molecular formula is C18H30N4O. The maximum Gasteiger partial charge on any atom is 0.314 e. The Hall–Kier alpha value is -1.59. The molecule has 1 fully saturated rings. The van der Waals surface area contributed by atoms with E-state index in [-0.39, 0.29) is 6.03 Å². The van der Waals surface area contributed by atoms with E-state index < -0.39 is 0 Å². The first-order valence-corrected chi connectivity index (χ1v) is 8.51. The van der Waals surface area contributed by atoms with Gasteiger partial charge >= 0.3 is 6.03 Å². The van der Waals surface area contributed by atoms with Crippen LogP contribution in [0.4, 0.5) is 4.79 Å². The highest BCUT2D eigenvalue weighted by molar-refractivity contribution is 5.73. The van der Waals surface area contributed by atoms with Crippen LogP contribution in [-0.2, 0) is 0 Å². The molecule has 0 bridgehead atoms. The van der Waals surface area contributed by atoms with Crippen LogP contribution < -0.4 is 10.6 Å². The van der Waals surface area contributed by atoms with Gasteiger partial charge in [-0.05, 0) is 32.0 Å². The van der Waals surface area contributed by atoms with Crippen molar-refractivity contribution in [3.8, 4) is 0 Å². The van der Waals surface area contributed by atoms with Crippen LogP contribution in [-0.4, -0.2) is 68.7 Å². The minimum absolute atomic E-state index is 0.0631. The summed E-state index contributed by atoms with van der Waals surface area (Å²) in [6.45, 7) is 6.74. The Morgan fingerprint density at radius 1 is 1.22 bits per heavy atom. The molecule has 0 spiro atoms. The number of likely N-dealkylation sites (N-methyl/N-ethyl adjacent to an activating group) is 2. The van der Waals surface area contributed by atoms with E-state index in [4.69, 9.17) is 0 Å². The van der Waals surface area contributed by atoms with E-state index >= 15 is 0 Å². The first-order chi connectivity index (χ1) is 11.1. The summed E-state index contributed by atoms with van der Waals surface area (Å²) in [4.78, 5) is 16.6. The zero-order valence-electron chi connectivity index (χ0n) is 14.6. The number of benzene rings is 1. The Morgan fingerprint density at radius 2 is 1.96 bits per heavy atom. The molecule has 0 unspecified atom stereocenters. The van der Waals surface area contributed by atoms with Crippen LogP contribution in [0.2, 0.25) is 0 Å². The summed E-state index contributed by atoms with van der Waals surface area (Å²) in [5.74, 6) is 0.453. The highest BCUT2D eigenvalue weighted by Gasteiger charge is 2.22. The van der Waals surface area contributed by atoms with Crippen molar-refractivity contribution in [3.63, 3.8) is 0 Å². The molecule has 0 aliphatic carbocycles. The van der Waals surface area contributed by atoms with Gasteiger partial charge in [0.1, 0.15) is 0 Å². The van der Waals surface area contributed by atoms with Crippen molar-refractivity contribution in [2.45, 2.75) is 25.3 Å². The first-order valence-electron chi connectivity index (χ1n) is 8.51. The van der Waals surface area contributed by atoms with Gasteiger partial charge in [0.15, 0.2) is 0 Å². The van der Waals surface area contributed by atoms with E-state index in [0.717, 1.165) is 26.1 Å². The lowest BCUT2D eigenvalue weighted by molar-refractivity contribution is 0.114. The van der Waals surface area contributed by atoms with Gasteiger partial charge in [0.2, 0.25) is 0 Å². The van der Waals surface area contributed by atoms with Crippen LogP contribution in [0.25, 0.3) is 0 Å². The van der Waals surface area contributed by atoms with Crippen molar-refractivity contribution in [2.75, 3.05) is 46.8 Å². The average Bonchev–Trinajstić information content (AvgIpc) is 2.56. The Labute approximate surface area is 140 Å². The van der Waals surface area contributed by atoms with Crippen LogP contribution in [0.5, 0.6) is 0 Å². The van der Waals surface area contributed by atoms with E-state index in [9.17, 15) is 4.79 Å². The lowest BCUT2D eigenvalue weighted by atomic mass is 9.98. The maximum atomic E-state index is 11.9. The fourth-order valence-corrected chi connectivity index (χ4v) is 2.95. The van der Waals surface area contributed by atoms with Gasteiger partial charge in [-0.2, -0.15) is 0 Å². The van der Waals surface area contributed by atoms with E-state index in [2.05, 4.69) is 65.7 Å². The van der Waals surface area contributed by atoms with Crippen molar-refractivity contribution in [3.05, 3.63) is 35.9 Å². The second-order valence-electron chi connectivity index (χ2n) is 6.63. The number of piperazine rings is 1. The number of rotatable bonds is 6. The van der Waals surface area contributed by atoms with E-state index in [0.29, 0.717) is 25.0 Å². The van der Waals surface area contributed by atoms with Crippen LogP contribution in [0.15, 0.2) is 30.3 Å². The zero-order chi connectivity index (χ0) is 16.7. The maximum absolute atomic E-state index is 11.9. The Balaban J connectivity index is 1.63. The number of nitrogens with one attached hydrogen (secondary N) is 2. The van der Waals surface area contributed by atoms with Crippen molar-refractivity contribution >= 4 is 6.03 Å². The summed E-state index contributed by atoms with van der Waals surface area (Å²) in [6, 6.07) is 10.8. The summed E-state index contributed by atoms with van der Waals surface area (Å²) in [5.41, 5.74) is 1.32. The topological polar surface area (TPSA) is 47.6 Å². The minimum atomic E-state index is -0.0631. The number of carbonyl (C=O) groups is 1. The highest BCUT2D eigenvalue weighted by Crippen LogP contribution is 2.17. The zero-order valence-corrected chi connectivity index (χ0v) is 14.6. The third kappa shape index (κ3) is 5.84. The number of hydrogen-bond acceptors (Lipinski definition) is 3. The third-order valence-corrected chi connectivity index (χ3v) is 4.71. The first kappa shape index (κ1) is 17.8. The normalized spacial score (nSPS) is 20.9. The number of hydrogen-bond donors (Lipinski definition) is 2. The molecule has 2 N–H and O–H groups in total. The molecule has 2 atom stereocenters. The molecule has 128 valence electrons. The summed E-state index contributed by atoms with van der Waals surface area (Å²) in [7, 11) is 4.25. The number of urea groups is 1. The standard InChI is InChI=1S/C18H30N4O/c1-15(16-7-5-4-6-8-16)9-10-19-18(23)20-13-17-14-21(2)11-12-22(17)3/h4-8,15,17H,9-14H2,1-3H3,(H2,19,20,23)/t15-,17-/m1/s1. The summed E-state index contributed by atoms with van der Waals surface area (Å²) in [6.07, 6.45) is 0.948. The smallest absolute Gasteiger partial charge is 0.314 e. The van der Waals surface area contributed by atoms with Crippen LogP contribution >= 0.6 is 0 Å². The fourth-order valence-electron chi connectivity index (χ4n) is 2.95. The molecule has 1 heterocycles. The average molecular weight is 318 g/mol. The van der Waals surface area contributed by atoms with Gasteiger partial charge in [0.25, 0.3) is 0 Å². The molecule has 0 saturated carbocycles. The molecule has 2 amide bonds. The Bertz CT molecular complexity index is 479. The van der Waals surface area contributed by atoms with Gasteiger partial charge in [0, 0.05) is 38.8 Å². The second-order valence-corrected chi connectivity index (χ2v) is 6.63. The highest BCUT2D eigenvalue weighted by atomic mass is 16.2. The van der Waals surface area contributed by atoms with Crippen molar-refractivity contribution < 1.29 is 4.79 Å². The van der Waals surface area contributed by atoms with Gasteiger partial charge in [-0.3, -0.25) is 4.90 Å². The Kier molecular flexibility index (Phi) is 6.86. The quantitative estimate of drug-likeness (QED) is 0.840. The molecule has 5 nitrogen and oxygen atoms in total. The molecule has 1 aliphatic heterocycles. The minimum Gasteiger partial charge on any atom is -0.338 e. The van der Waals surface area contributed by atoms with Crippen LogP contribution in [0.1, 0.15) is 24.8 Å². The second kappa shape index (κ2) is 8.89. The van der Waals surface area contributed by atoms with Gasteiger partial charge < -0.3 is 15.5 Å². The van der Waals surface area contributed by atoms with Crippen molar-refractivity contribution in [2.24, 2.45) is 0 Å². The van der Waals surface area contributed by atoms with E-state index in [1.807, 2.05) is 6.07 Å². The molecule has 1 aromatic carbocycles. The lowest BCUT2D eigenvalue weighted by Crippen LogP contribution is -2.55. The van der Waals surface area contributed by atoms with Crippen LogP contribution in [0, 0.1) is 0 Å². The fraction of sp³-hybridized carbons (Fsp3) is 0.611. The third-order valence-electron chi connectivity index (χ3n) is 4.71. The number of amides is 2. The molecule has 1 aromatic rings. The molecule has 1 saturated heterocycles. The van der Waals surface area contributed by atoms with Gasteiger partial charge in [-0.15, -0.1) is 0 Å². The summed E-state index contributed by atoms with van der Waals surface area (Å²) in [5, 5.41) is 5.97. The summed E-state index contributed by atoms with van der Waals surface area (Å²) < 4.78 is 0.